The maximum absolute atomic E-state index is 12.0. The number of nitrogens with zero attached hydrogens (tertiary/aromatic N) is 1. The zero-order valence-electron chi connectivity index (χ0n) is 8.65. The molecule has 17 heavy (non-hydrogen) atoms. The number of halogens is 2. The molecule has 0 aliphatic heterocycles. The summed E-state index contributed by atoms with van der Waals surface area (Å²) in [4.78, 5) is 16.1. The van der Waals surface area contributed by atoms with Crippen molar-refractivity contribution in [2.45, 2.75) is 0 Å². The van der Waals surface area contributed by atoms with E-state index in [4.69, 9.17) is 0 Å². The first-order valence-electron chi connectivity index (χ1n) is 4.85. The van der Waals surface area contributed by atoms with Gasteiger partial charge in [0.15, 0.2) is 0 Å². The summed E-state index contributed by atoms with van der Waals surface area (Å²) in [7, 11) is 0. The summed E-state index contributed by atoms with van der Waals surface area (Å²) in [5.74, 6) is 0.367. The molecule has 1 heterocycles. The van der Waals surface area contributed by atoms with E-state index in [1.54, 1.807) is 18.3 Å². The number of nitrogens with one attached hydrogen (secondary N) is 1. The number of hydrogen-bond acceptors (Lipinski definition) is 2. The molecular weight excluding hydrogens is 395 g/mol. The van der Waals surface area contributed by atoms with Crippen LogP contribution in [0.2, 0.25) is 0 Å². The van der Waals surface area contributed by atoms with Crippen LogP contribution in [0.5, 0.6) is 0 Å². The molecule has 0 bridgehead atoms. The number of benzene rings is 1. The van der Waals surface area contributed by atoms with E-state index in [1.807, 2.05) is 24.3 Å². The van der Waals surface area contributed by atoms with Crippen LogP contribution in [0.3, 0.4) is 0 Å². The largest absolute Gasteiger partial charge is 0.306 e. The summed E-state index contributed by atoms with van der Waals surface area (Å²) in [5.41, 5.74) is 0.644. The average molecular weight is 403 g/mol. The lowest BCUT2D eigenvalue weighted by Gasteiger charge is -2.07. The Balaban J connectivity index is 2.24. The van der Waals surface area contributed by atoms with E-state index in [0.717, 1.165) is 8.04 Å². The second-order valence-corrected chi connectivity index (χ2v) is 5.28. The van der Waals surface area contributed by atoms with Gasteiger partial charge in [-0.15, -0.1) is 0 Å². The quantitative estimate of drug-likeness (QED) is 0.778. The second-order valence-electron chi connectivity index (χ2n) is 3.27. The van der Waals surface area contributed by atoms with Crippen molar-refractivity contribution in [3.05, 3.63) is 56.2 Å². The molecule has 1 N–H and O–H groups in total. The monoisotopic (exact) mass is 402 g/mol. The highest BCUT2D eigenvalue weighted by molar-refractivity contribution is 14.1. The molecule has 0 atom stereocenters. The van der Waals surface area contributed by atoms with Crippen molar-refractivity contribution < 1.29 is 4.79 Å². The van der Waals surface area contributed by atoms with Crippen LogP contribution in [0, 0.1) is 3.57 Å². The van der Waals surface area contributed by atoms with Crippen LogP contribution >= 0.6 is 38.5 Å². The third kappa shape index (κ3) is 3.04. The number of anilines is 1. The highest BCUT2D eigenvalue weighted by Crippen LogP contribution is 2.20. The minimum atomic E-state index is -0.158. The number of amides is 1. The molecule has 86 valence electrons. The molecule has 1 aromatic carbocycles. The van der Waals surface area contributed by atoms with Gasteiger partial charge in [-0.2, -0.15) is 0 Å². The van der Waals surface area contributed by atoms with Gasteiger partial charge < -0.3 is 5.32 Å². The second kappa shape index (κ2) is 5.59. The number of hydrogen-bond donors (Lipinski definition) is 1. The minimum Gasteiger partial charge on any atom is -0.306 e. The lowest BCUT2D eigenvalue weighted by molar-refractivity contribution is 0.102. The van der Waals surface area contributed by atoms with Gasteiger partial charge in [0.05, 0.1) is 10.0 Å². The lowest BCUT2D eigenvalue weighted by Crippen LogP contribution is -2.14. The van der Waals surface area contributed by atoms with Gasteiger partial charge in [0.25, 0.3) is 5.91 Å². The van der Waals surface area contributed by atoms with E-state index < -0.39 is 0 Å². The molecule has 5 heteroatoms. The van der Waals surface area contributed by atoms with E-state index in [1.165, 1.54) is 0 Å². The molecule has 2 rings (SSSR count). The van der Waals surface area contributed by atoms with Crippen LogP contribution < -0.4 is 5.32 Å². The molecule has 0 unspecified atom stereocenters. The molecule has 1 amide bonds. The van der Waals surface area contributed by atoms with Gasteiger partial charge in [-0.1, -0.05) is 12.1 Å². The standard InChI is InChI=1S/C12H8BrIN2O/c13-9-5-3-7-15-11(9)16-12(17)8-4-1-2-6-10(8)14/h1-7H,(H,15,16,17). The van der Waals surface area contributed by atoms with Gasteiger partial charge >= 0.3 is 0 Å². The fourth-order valence-electron chi connectivity index (χ4n) is 1.30. The van der Waals surface area contributed by atoms with Crippen LogP contribution in [0.15, 0.2) is 47.1 Å². The summed E-state index contributed by atoms with van der Waals surface area (Å²) in [6.07, 6.45) is 1.64. The Bertz CT molecular complexity index is 560. The molecule has 0 aliphatic rings. The first-order valence-corrected chi connectivity index (χ1v) is 6.72. The number of rotatable bonds is 2. The fourth-order valence-corrected chi connectivity index (χ4v) is 2.28. The van der Waals surface area contributed by atoms with Crippen molar-refractivity contribution in [2.75, 3.05) is 5.32 Å². The van der Waals surface area contributed by atoms with Gasteiger partial charge in [0, 0.05) is 9.77 Å². The number of pyridine rings is 1. The van der Waals surface area contributed by atoms with Crippen LogP contribution in [-0.2, 0) is 0 Å². The van der Waals surface area contributed by atoms with E-state index in [9.17, 15) is 4.79 Å². The minimum absolute atomic E-state index is 0.158. The van der Waals surface area contributed by atoms with E-state index >= 15 is 0 Å². The van der Waals surface area contributed by atoms with E-state index in [-0.39, 0.29) is 5.91 Å². The molecule has 3 nitrogen and oxygen atoms in total. The third-order valence-electron chi connectivity index (χ3n) is 2.11. The molecule has 2 aromatic rings. The highest BCUT2D eigenvalue weighted by Gasteiger charge is 2.11. The summed E-state index contributed by atoms with van der Waals surface area (Å²) < 4.78 is 1.67. The maximum atomic E-state index is 12.0. The summed E-state index contributed by atoms with van der Waals surface area (Å²) in [5, 5.41) is 2.77. The van der Waals surface area contributed by atoms with Gasteiger partial charge in [-0.25, -0.2) is 4.98 Å². The number of carbonyl (C=O) groups is 1. The van der Waals surface area contributed by atoms with Crippen molar-refractivity contribution >= 4 is 50.2 Å². The Morgan fingerprint density at radius 3 is 2.71 bits per heavy atom. The van der Waals surface area contributed by atoms with Crippen LogP contribution in [-0.4, -0.2) is 10.9 Å². The summed E-state index contributed by atoms with van der Waals surface area (Å²) in [6, 6.07) is 11.0. The SMILES string of the molecule is O=C(Nc1ncccc1Br)c1ccccc1I. The van der Waals surface area contributed by atoms with E-state index in [2.05, 4.69) is 48.8 Å². The number of carbonyl (C=O) groups excluding carboxylic acids is 1. The Morgan fingerprint density at radius 2 is 2.00 bits per heavy atom. The smallest absolute Gasteiger partial charge is 0.257 e. The molecule has 1 aromatic heterocycles. The van der Waals surface area contributed by atoms with Crippen LogP contribution in [0.25, 0.3) is 0 Å². The summed E-state index contributed by atoms with van der Waals surface area (Å²) in [6.45, 7) is 0. The Kier molecular flexibility index (Phi) is 4.11. The topological polar surface area (TPSA) is 42.0 Å². The first-order chi connectivity index (χ1) is 8.18. The van der Waals surface area contributed by atoms with E-state index in [0.29, 0.717) is 11.4 Å². The van der Waals surface area contributed by atoms with Crippen molar-refractivity contribution in [2.24, 2.45) is 0 Å². The molecule has 0 radical (unpaired) electrons. The van der Waals surface area contributed by atoms with Crippen LogP contribution in [0.4, 0.5) is 5.82 Å². The highest BCUT2D eigenvalue weighted by atomic mass is 127. The predicted molar refractivity (Wildman–Crippen MR) is 79.0 cm³/mol. The average Bonchev–Trinajstić information content (AvgIpc) is 2.32. The Hall–Kier alpha value is -0.950. The van der Waals surface area contributed by atoms with Gasteiger partial charge in [0.1, 0.15) is 5.82 Å². The molecule has 0 saturated heterocycles. The molecule has 0 spiro atoms. The van der Waals surface area contributed by atoms with Gasteiger partial charge in [-0.05, 0) is 62.8 Å². The zero-order chi connectivity index (χ0) is 12.3. The van der Waals surface area contributed by atoms with Crippen molar-refractivity contribution in [1.82, 2.24) is 4.98 Å². The number of aromatic nitrogens is 1. The van der Waals surface area contributed by atoms with Crippen molar-refractivity contribution in [3.63, 3.8) is 0 Å². The van der Waals surface area contributed by atoms with Gasteiger partial charge in [0.2, 0.25) is 0 Å². The van der Waals surface area contributed by atoms with Crippen molar-refractivity contribution in [3.8, 4) is 0 Å². The molecule has 0 aliphatic carbocycles. The normalized spacial score (nSPS) is 10.0. The molecule has 0 fully saturated rings. The fraction of sp³-hybridized carbons (Fsp3) is 0. The van der Waals surface area contributed by atoms with Crippen LogP contribution in [0.1, 0.15) is 10.4 Å². The van der Waals surface area contributed by atoms with Crippen molar-refractivity contribution in [1.29, 1.82) is 0 Å². The van der Waals surface area contributed by atoms with Gasteiger partial charge in [-0.3, -0.25) is 4.79 Å². The Morgan fingerprint density at radius 1 is 1.24 bits per heavy atom. The molecular formula is C12H8BrIN2O. The third-order valence-corrected chi connectivity index (χ3v) is 3.69. The lowest BCUT2D eigenvalue weighted by atomic mass is 10.2. The summed E-state index contributed by atoms with van der Waals surface area (Å²) >= 11 is 5.47. The maximum Gasteiger partial charge on any atom is 0.257 e. The predicted octanol–water partition coefficient (Wildman–Crippen LogP) is 3.70. The molecule has 0 saturated carbocycles. The first kappa shape index (κ1) is 12.5. The Labute approximate surface area is 121 Å². The zero-order valence-corrected chi connectivity index (χ0v) is 12.4.